The maximum Gasteiger partial charge on any atom is 0.161 e. The molecule has 5 heteroatoms. The van der Waals surface area contributed by atoms with Crippen molar-refractivity contribution in [2.24, 2.45) is 11.7 Å². The summed E-state index contributed by atoms with van der Waals surface area (Å²) >= 11 is 0. The van der Waals surface area contributed by atoms with E-state index in [4.69, 9.17) is 5.73 Å². The third-order valence-corrected chi connectivity index (χ3v) is 3.11. The van der Waals surface area contributed by atoms with E-state index < -0.39 is 0 Å². The van der Waals surface area contributed by atoms with E-state index in [-0.39, 0.29) is 0 Å². The van der Waals surface area contributed by atoms with Crippen molar-refractivity contribution in [1.82, 2.24) is 15.0 Å². The molecule has 0 amide bonds. The van der Waals surface area contributed by atoms with Crippen LogP contribution >= 0.6 is 0 Å². The zero-order valence-electron chi connectivity index (χ0n) is 12.0. The molecule has 0 aliphatic heterocycles. The smallest absolute Gasteiger partial charge is 0.161 e. The first-order valence-electron chi connectivity index (χ1n) is 6.95. The monoisotopic (exact) mass is 271 g/mol. The van der Waals surface area contributed by atoms with Crippen LogP contribution < -0.4 is 11.1 Å². The lowest BCUT2D eigenvalue weighted by Crippen LogP contribution is -2.20. The second kappa shape index (κ2) is 6.96. The maximum atomic E-state index is 5.63. The van der Waals surface area contributed by atoms with Gasteiger partial charge in [-0.2, -0.15) is 0 Å². The molecular formula is C15H21N5. The third-order valence-electron chi connectivity index (χ3n) is 3.11. The average Bonchev–Trinajstić information content (AvgIpc) is 2.53. The van der Waals surface area contributed by atoms with Gasteiger partial charge in [-0.25, -0.2) is 9.97 Å². The highest BCUT2D eigenvalue weighted by atomic mass is 15.0. The largest absolute Gasteiger partial charge is 0.370 e. The molecule has 0 aromatic carbocycles. The molecule has 5 nitrogen and oxygen atoms in total. The summed E-state index contributed by atoms with van der Waals surface area (Å²) in [7, 11) is 0. The van der Waals surface area contributed by atoms with Gasteiger partial charge in [0.1, 0.15) is 5.82 Å². The van der Waals surface area contributed by atoms with Crippen molar-refractivity contribution < 1.29 is 0 Å². The Hall–Kier alpha value is -2.01. The van der Waals surface area contributed by atoms with Crippen LogP contribution in [-0.4, -0.2) is 28.0 Å². The van der Waals surface area contributed by atoms with E-state index in [1.807, 2.05) is 18.2 Å². The van der Waals surface area contributed by atoms with Crippen molar-refractivity contribution >= 4 is 5.82 Å². The summed E-state index contributed by atoms with van der Waals surface area (Å²) in [5, 5.41) is 3.33. The van der Waals surface area contributed by atoms with Crippen LogP contribution in [0.1, 0.15) is 19.5 Å². The molecule has 3 N–H and O–H groups in total. The van der Waals surface area contributed by atoms with E-state index in [9.17, 15) is 0 Å². The van der Waals surface area contributed by atoms with E-state index in [1.165, 1.54) is 0 Å². The van der Waals surface area contributed by atoms with Gasteiger partial charge >= 0.3 is 0 Å². The van der Waals surface area contributed by atoms with Crippen LogP contribution in [0.3, 0.4) is 0 Å². The van der Waals surface area contributed by atoms with Gasteiger partial charge in [-0.05, 0) is 31.0 Å². The number of hydrogen-bond donors (Lipinski definition) is 2. The first-order valence-corrected chi connectivity index (χ1v) is 6.95. The molecule has 0 fully saturated rings. The molecule has 1 unspecified atom stereocenters. The van der Waals surface area contributed by atoms with Gasteiger partial charge in [-0.3, -0.25) is 4.98 Å². The first-order chi connectivity index (χ1) is 9.72. The molecule has 2 aromatic rings. The second-order valence-electron chi connectivity index (χ2n) is 4.88. The molecule has 0 saturated carbocycles. The Morgan fingerprint density at radius 2 is 2.00 bits per heavy atom. The Morgan fingerprint density at radius 3 is 2.65 bits per heavy atom. The van der Waals surface area contributed by atoms with Gasteiger partial charge in [0.15, 0.2) is 5.82 Å². The van der Waals surface area contributed by atoms with Crippen molar-refractivity contribution in [1.29, 1.82) is 0 Å². The number of anilines is 1. The fourth-order valence-electron chi connectivity index (χ4n) is 1.76. The third kappa shape index (κ3) is 3.74. The summed E-state index contributed by atoms with van der Waals surface area (Å²) < 4.78 is 0. The van der Waals surface area contributed by atoms with Crippen molar-refractivity contribution in [2.45, 2.75) is 20.3 Å². The number of pyridine rings is 1. The summed E-state index contributed by atoms with van der Waals surface area (Å²) in [5.41, 5.74) is 7.63. The fraction of sp³-hybridized carbons (Fsp3) is 0.400. The Kier molecular flexibility index (Phi) is 5.01. The number of aromatic nitrogens is 3. The van der Waals surface area contributed by atoms with Crippen LogP contribution in [0.2, 0.25) is 0 Å². The molecule has 0 bridgehead atoms. The Balaban J connectivity index is 2.25. The fourth-order valence-corrected chi connectivity index (χ4v) is 1.76. The lowest BCUT2D eigenvalue weighted by molar-refractivity contribution is 0.627. The van der Waals surface area contributed by atoms with Gasteiger partial charge in [-0.1, -0.05) is 13.8 Å². The molecule has 2 heterocycles. The number of aryl methyl sites for hydroxylation is 1. The molecule has 106 valence electrons. The van der Waals surface area contributed by atoms with Gasteiger partial charge in [0.05, 0.1) is 0 Å². The highest BCUT2D eigenvalue weighted by Crippen LogP contribution is 2.17. The molecule has 0 saturated heterocycles. The predicted molar refractivity (Wildman–Crippen MR) is 81.3 cm³/mol. The SMILES string of the molecule is CCc1cc(NCC(C)CN)nc(-c2ccncc2)n1. The molecule has 2 aromatic heterocycles. The summed E-state index contributed by atoms with van der Waals surface area (Å²) in [6.07, 6.45) is 4.38. The van der Waals surface area contributed by atoms with Gasteiger partial charge in [-0.15, -0.1) is 0 Å². The minimum Gasteiger partial charge on any atom is -0.370 e. The molecule has 0 aliphatic carbocycles. The second-order valence-corrected chi connectivity index (χ2v) is 4.88. The van der Waals surface area contributed by atoms with Crippen molar-refractivity contribution in [3.63, 3.8) is 0 Å². The molecule has 1 atom stereocenters. The summed E-state index contributed by atoms with van der Waals surface area (Å²) in [4.78, 5) is 13.2. The molecule has 0 radical (unpaired) electrons. The van der Waals surface area contributed by atoms with Crippen LogP contribution in [0.25, 0.3) is 11.4 Å². The first kappa shape index (κ1) is 14.4. The van der Waals surface area contributed by atoms with E-state index in [0.717, 1.165) is 35.9 Å². The zero-order chi connectivity index (χ0) is 14.4. The van der Waals surface area contributed by atoms with E-state index >= 15 is 0 Å². The van der Waals surface area contributed by atoms with Gasteiger partial charge in [0.2, 0.25) is 0 Å². The minimum atomic E-state index is 0.416. The standard InChI is InChI=1S/C15H21N5/c1-3-13-8-14(18-10-11(2)9-16)20-15(19-13)12-4-6-17-7-5-12/h4-8,11H,3,9-10,16H2,1-2H3,(H,18,19,20). The number of nitrogens with two attached hydrogens (primary N) is 1. The number of nitrogens with one attached hydrogen (secondary N) is 1. The average molecular weight is 271 g/mol. The summed E-state index contributed by atoms with van der Waals surface area (Å²) in [6, 6.07) is 5.83. The van der Waals surface area contributed by atoms with Crippen LogP contribution in [0.15, 0.2) is 30.6 Å². The van der Waals surface area contributed by atoms with Gasteiger partial charge in [0, 0.05) is 36.3 Å². The zero-order valence-corrected chi connectivity index (χ0v) is 12.0. The van der Waals surface area contributed by atoms with Crippen LogP contribution in [0.4, 0.5) is 5.82 Å². The van der Waals surface area contributed by atoms with E-state index in [2.05, 4.69) is 34.1 Å². The van der Waals surface area contributed by atoms with E-state index in [0.29, 0.717) is 12.5 Å². The molecule has 2 rings (SSSR count). The van der Waals surface area contributed by atoms with Crippen LogP contribution in [0, 0.1) is 5.92 Å². The summed E-state index contributed by atoms with van der Waals surface area (Å²) in [5.74, 6) is 2.00. The Labute approximate surface area is 119 Å². The maximum absolute atomic E-state index is 5.63. The lowest BCUT2D eigenvalue weighted by Gasteiger charge is -2.12. The Bertz CT molecular complexity index is 541. The molecule has 20 heavy (non-hydrogen) atoms. The van der Waals surface area contributed by atoms with Gasteiger partial charge in [0.25, 0.3) is 0 Å². The molecule has 0 spiro atoms. The van der Waals surface area contributed by atoms with Crippen LogP contribution in [-0.2, 0) is 6.42 Å². The van der Waals surface area contributed by atoms with Gasteiger partial charge < -0.3 is 11.1 Å². The topological polar surface area (TPSA) is 76.7 Å². The normalized spacial score (nSPS) is 12.2. The highest BCUT2D eigenvalue weighted by molar-refractivity contribution is 5.56. The molecular weight excluding hydrogens is 250 g/mol. The minimum absolute atomic E-state index is 0.416. The van der Waals surface area contributed by atoms with Crippen molar-refractivity contribution in [2.75, 3.05) is 18.4 Å². The molecule has 0 aliphatic rings. The lowest BCUT2D eigenvalue weighted by atomic mass is 10.2. The Morgan fingerprint density at radius 1 is 1.25 bits per heavy atom. The predicted octanol–water partition coefficient (Wildman–Crippen LogP) is 2.11. The van der Waals surface area contributed by atoms with Crippen LogP contribution in [0.5, 0.6) is 0 Å². The quantitative estimate of drug-likeness (QED) is 0.841. The highest BCUT2D eigenvalue weighted by Gasteiger charge is 2.07. The van der Waals surface area contributed by atoms with Crippen molar-refractivity contribution in [3.8, 4) is 11.4 Å². The number of rotatable bonds is 6. The number of hydrogen-bond acceptors (Lipinski definition) is 5. The number of nitrogens with zero attached hydrogens (tertiary/aromatic N) is 3. The van der Waals surface area contributed by atoms with Crippen molar-refractivity contribution in [3.05, 3.63) is 36.3 Å². The van der Waals surface area contributed by atoms with E-state index in [1.54, 1.807) is 12.4 Å². The summed E-state index contributed by atoms with van der Waals surface area (Å²) in [6.45, 7) is 5.67.